The smallest absolute Gasteiger partial charge is 0.320 e. The first-order valence-corrected chi connectivity index (χ1v) is 7.16. The zero-order valence-electron chi connectivity index (χ0n) is 12.2. The number of nitrogens with one attached hydrogen (secondary N) is 1. The Balaban J connectivity index is 2.32. The fourth-order valence-electron chi connectivity index (χ4n) is 2.46. The minimum atomic E-state index is -0.821. The summed E-state index contributed by atoms with van der Waals surface area (Å²) in [6.45, 7) is 7.22. The predicted octanol–water partition coefficient (Wildman–Crippen LogP) is 1.48. The first-order valence-electron chi connectivity index (χ1n) is 7.16. The van der Waals surface area contributed by atoms with Gasteiger partial charge in [0.2, 0.25) is 5.91 Å². The van der Waals surface area contributed by atoms with Crippen LogP contribution in [-0.2, 0) is 9.59 Å². The second-order valence-electron chi connectivity index (χ2n) is 5.91. The van der Waals surface area contributed by atoms with Crippen LogP contribution >= 0.6 is 0 Å². The van der Waals surface area contributed by atoms with E-state index in [4.69, 9.17) is 5.11 Å². The fraction of sp³-hybridized carbons (Fsp3) is 0.857. The highest BCUT2D eigenvalue weighted by molar-refractivity contribution is 5.80. The maximum absolute atomic E-state index is 11.9. The molecule has 0 radical (unpaired) electrons. The molecule has 1 amide bonds. The Morgan fingerprint density at radius 2 is 2.00 bits per heavy atom. The van der Waals surface area contributed by atoms with Crippen molar-refractivity contribution in [2.75, 3.05) is 13.1 Å². The van der Waals surface area contributed by atoms with E-state index in [0.29, 0.717) is 18.9 Å². The van der Waals surface area contributed by atoms with E-state index in [0.717, 1.165) is 19.3 Å². The zero-order valence-corrected chi connectivity index (χ0v) is 12.2. The number of aliphatic carboxylic acids is 1. The van der Waals surface area contributed by atoms with Gasteiger partial charge >= 0.3 is 5.97 Å². The van der Waals surface area contributed by atoms with E-state index >= 15 is 0 Å². The Labute approximate surface area is 115 Å². The SMILES string of the molecule is CC(C)CCC(C)NC(=O)CN1CCCC1C(=O)O. The number of carbonyl (C=O) groups is 2. The number of nitrogens with zero attached hydrogens (tertiary/aromatic N) is 1. The van der Waals surface area contributed by atoms with Crippen LogP contribution in [0.25, 0.3) is 0 Å². The summed E-state index contributed by atoms with van der Waals surface area (Å²) in [7, 11) is 0. The van der Waals surface area contributed by atoms with Crippen LogP contribution in [0.4, 0.5) is 0 Å². The number of carbonyl (C=O) groups excluding carboxylic acids is 1. The molecule has 0 saturated carbocycles. The minimum Gasteiger partial charge on any atom is -0.480 e. The molecule has 1 saturated heterocycles. The molecule has 0 aromatic heterocycles. The number of carboxylic acid groups (broad SMARTS) is 1. The van der Waals surface area contributed by atoms with Crippen LogP contribution in [0.5, 0.6) is 0 Å². The molecule has 1 aliphatic rings. The molecule has 2 N–H and O–H groups in total. The highest BCUT2D eigenvalue weighted by atomic mass is 16.4. The molecule has 2 unspecified atom stereocenters. The summed E-state index contributed by atoms with van der Waals surface area (Å²) in [5.74, 6) is -0.253. The van der Waals surface area contributed by atoms with Crippen molar-refractivity contribution in [2.45, 2.75) is 58.5 Å². The molecule has 2 atom stereocenters. The molecule has 1 heterocycles. The molecule has 0 bridgehead atoms. The zero-order chi connectivity index (χ0) is 14.4. The lowest BCUT2D eigenvalue weighted by atomic mass is 10.0. The average molecular weight is 270 g/mol. The van der Waals surface area contributed by atoms with Crippen LogP contribution in [0.3, 0.4) is 0 Å². The third-order valence-corrected chi connectivity index (χ3v) is 3.58. The summed E-state index contributed by atoms with van der Waals surface area (Å²) in [5, 5.41) is 12.0. The van der Waals surface area contributed by atoms with Gasteiger partial charge in [-0.1, -0.05) is 13.8 Å². The van der Waals surface area contributed by atoms with Crippen LogP contribution < -0.4 is 5.32 Å². The molecule has 19 heavy (non-hydrogen) atoms. The summed E-state index contributed by atoms with van der Waals surface area (Å²) in [6, 6.07) is -0.336. The number of hydrogen-bond donors (Lipinski definition) is 2. The number of amides is 1. The van der Waals surface area contributed by atoms with Crippen LogP contribution in [0.1, 0.15) is 46.5 Å². The molecule has 0 aromatic carbocycles. The van der Waals surface area contributed by atoms with Crippen molar-refractivity contribution in [2.24, 2.45) is 5.92 Å². The summed E-state index contributed by atoms with van der Waals surface area (Å²) < 4.78 is 0. The molecule has 1 rings (SSSR count). The first-order chi connectivity index (χ1) is 8.90. The number of hydrogen-bond acceptors (Lipinski definition) is 3. The topological polar surface area (TPSA) is 69.6 Å². The minimum absolute atomic E-state index is 0.0654. The number of rotatable bonds is 7. The van der Waals surface area contributed by atoms with Crippen LogP contribution in [0, 0.1) is 5.92 Å². The maximum atomic E-state index is 11.9. The highest BCUT2D eigenvalue weighted by Crippen LogP contribution is 2.16. The molecule has 1 fully saturated rings. The van der Waals surface area contributed by atoms with E-state index in [1.807, 2.05) is 6.92 Å². The second-order valence-corrected chi connectivity index (χ2v) is 5.91. The van der Waals surface area contributed by atoms with Crippen LogP contribution in [0.15, 0.2) is 0 Å². The Morgan fingerprint density at radius 3 is 2.58 bits per heavy atom. The van der Waals surface area contributed by atoms with Crippen molar-refractivity contribution in [3.05, 3.63) is 0 Å². The lowest BCUT2D eigenvalue weighted by molar-refractivity contribution is -0.142. The maximum Gasteiger partial charge on any atom is 0.320 e. The molecule has 5 heteroatoms. The van der Waals surface area contributed by atoms with E-state index in [-0.39, 0.29) is 18.5 Å². The van der Waals surface area contributed by atoms with E-state index in [9.17, 15) is 9.59 Å². The third-order valence-electron chi connectivity index (χ3n) is 3.58. The summed E-state index contributed by atoms with van der Waals surface area (Å²) in [6.07, 6.45) is 3.55. The molecular weight excluding hydrogens is 244 g/mol. The van der Waals surface area contributed by atoms with Gasteiger partial charge in [-0.25, -0.2) is 0 Å². The van der Waals surface area contributed by atoms with Crippen molar-refractivity contribution >= 4 is 11.9 Å². The van der Waals surface area contributed by atoms with Gasteiger partial charge in [0.1, 0.15) is 6.04 Å². The molecule has 0 spiro atoms. The van der Waals surface area contributed by atoms with E-state index < -0.39 is 12.0 Å². The largest absolute Gasteiger partial charge is 0.480 e. The summed E-state index contributed by atoms with van der Waals surface area (Å²) in [4.78, 5) is 24.7. The lowest BCUT2D eigenvalue weighted by Crippen LogP contribution is -2.45. The molecular formula is C14H26N2O3. The Kier molecular flexibility index (Phi) is 6.28. The number of likely N-dealkylation sites (tertiary alicyclic amines) is 1. The third kappa shape index (κ3) is 5.59. The van der Waals surface area contributed by atoms with Crippen molar-refractivity contribution < 1.29 is 14.7 Å². The van der Waals surface area contributed by atoms with Gasteiger partial charge in [0.25, 0.3) is 0 Å². The van der Waals surface area contributed by atoms with E-state index in [1.165, 1.54) is 0 Å². The second kappa shape index (κ2) is 7.48. The van der Waals surface area contributed by atoms with Gasteiger partial charge in [-0.2, -0.15) is 0 Å². The van der Waals surface area contributed by atoms with Crippen molar-refractivity contribution in [3.63, 3.8) is 0 Å². The Morgan fingerprint density at radius 1 is 1.32 bits per heavy atom. The summed E-state index contributed by atoms with van der Waals surface area (Å²) >= 11 is 0. The molecule has 0 aromatic rings. The van der Waals surface area contributed by atoms with Crippen LogP contribution in [-0.4, -0.2) is 47.1 Å². The lowest BCUT2D eigenvalue weighted by Gasteiger charge is -2.22. The van der Waals surface area contributed by atoms with E-state index in [2.05, 4.69) is 19.2 Å². The average Bonchev–Trinajstić information content (AvgIpc) is 2.74. The molecule has 110 valence electrons. The molecule has 1 aliphatic heterocycles. The van der Waals surface area contributed by atoms with Gasteiger partial charge in [0.15, 0.2) is 0 Å². The molecule has 5 nitrogen and oxygen atoms in total. The van der Waals surface area contributed by atoms with Gasteiger partial charge < -0.3 is 10.4 Å². The standard InChI is InChI=1S/C14H26N2O3/c1-10(2)6-7-11(3)15-13(17)9-16-8-4-5-12(16)14(18)19/h10-12H,4-9H2,1-3H3,(H,15,17)(H,18,19). The van der Waals surface area contributed by atoms with Gasteiger partial charge in [-0.05, 0) is 45.1 Å². The normalized spacial score (nSPS) is 21.6. The van der Waals surface area contributed by atoms with Gasteiger partial charge in [-0.15, -0.1) is 0 Å². The monoisotopic (exact) mass is 270 g/mol. The quantitative estimate of drug-likeness (QED) is 0.735. The fourth-order valence-corrected chi connectivity index (χ4v) is 2.46. The Hall–Kier alpha value is -1.10. The highest BCUT2D eigenvalue weighted by Gasteiger charge is 2.31. The van der Waals surface area contributed by atoms with Gasteiger partial charge in [0, 0.05) is 6.04 Å². The van der Waals surface area contributed by atoms with Crippen LogP contribution in [0.2, 0.25) is 0 Å². The van der Waals surface area contributed by atoms with Crippen molar-refractivity contribution in [1.29, 1.82) is 0 Å². The van der Waals surface area contributed by atoms with Crippen molar-refractivity contribution in [1.82, 2.24) is 10.2 Å². The molecule has 0 aliphatic carbocycles. The van der Waals surface area contributed by atoms with Gasteiger partial charge in [-0.3, -0.25) is 14.5 Å². The van der Waals surface area contributed by atoms with E-state index in [1.54, 1.807) is 4.90 Å². The number of carboxylic acids is 1. The Bertz CT molecular complexity index is 318. The first kappa shape index (κ1) is 16.0. The predicted molar refractivity (Wildman–Crippen MR) is 73.9 cm³/mol. The van der Waals surface area contributed by atoms with Crippen molar-refractivity contribution in [3.8, 4) is 0 Å². The van der Waals surface area contributed by atoms with Gasteiger partial charge in [0.05, 0.1) is 6.54 Å². The summed E-state index contributed by atoms with van der Waals surface area (Å²) in [5.41, 5.74) is 0.